The molecule has 104 valence electrons. The van der Waals surface area contributed by atoms with Crippen LogP contribution in [0, 0.1) is 0 Å². The molecule has 0 aromatic heterocycles. The molecule has 2 aromatic rings. The molecule has 0 unspecified atom stereocenters. The first-order valence-corrected chi connectivity index (χ1v) is 7.44. The Labute approximate surface area is 120 Å². The second-order valence-corrected chi connectivity index (χ2v) is 5.29. The number of hydrogen-bond acceptors (Lipinski definition) is 2. The van der Waals surface area contributed by atoms with Crippen molar-refractivity contribution in [1.29, 1.82) is 0 Å². The Morgan fingerprint density at radius 3 is 2.50 bits per heavy atom. The molecule has 0 radical (unpaired) electrons. The molecule has 0 atom stereocenters. The number of para-hydroxylation sites is 1. The zero-order chi connectivity index (χ0) is 13.6. The summed E-state index contributed by atoms with van der Waals surface area (Å²) < 4.78 is 5.95. The Hall–Kier alpha value is -1.80. The summed E-state index contributed by atoms with van der Waals surface area (Å²) in [5, 5.41) is 3.51. The lowest BCUT2D eigenvalue weighted by atomic mass is 10.1. The van der Waals surface area contributed by atoms with E-state index in [0.717, 1.165) is 31.4 Å². The van der Waals surface area contributed by atoms with Crippen LogP contribution >= 0.6 is 0 Å². The molecule has 0 heterocycles. The maximum Gasteiger partial charge on any atom is 0.127 e. The van der Waals surface area contributed by atoms with Crippen LogP contribution in [0.5, 0.6) is 5.75 Å². The molecule has 2 aromatic carbocycles. The molecule has 1 fully saturated rings. The fourth-order valence-electron chi connectivity index (χ4n) is 2.30. The Balaban J connectivity index is 1.58. The fourth-order valence-corrected chi connectivity index (χ4v) is 2.30. The molecule has 0 amide bonds. The SMILES string of the molecule is c1ccc(-c2ccccc2OCCCNC2CC2)cc1. The molecule has 1 saturated carbocycles. The molecule has 20 heavy (non-hydrogen) atoms. The molecule has 2 nitrogen and oxygen atoms in total. The van der Waals surface area contributed by atoms with Crippen molar-refractivity contribution in [3.05, 3.63) is 54.6 Å². The number of rotatable bonds is 7. The van der Waals surface area contributed by atoms with E-state index in [4.69, 9.17) is 4.74 Å². The van der Waals surface area contributed by atoms with Crippen molar-refractivity contribution >= 4 is 0 Å². The number of ether oxygens (including phenoxy) is 1. The van der Waals surface area contributed by atoms with Crippen molar-refractivity contribution in [3.8, 4) is 16.9 Å². The Bertz CT molecular complexity index is 534. The van der Waals surface area contributed by atoms with E-state index in [1.807, 2.05) is 12.1 Å². The van der Waals surface area contributed by atoms with Gasteiger partial charge in [0.05, 0.1) is 6.61 Å². The summed E-state index contributed by atoms with van der Waals surface area (Å²) >= 11 is 0. The predicted molar refractivity (Wildman–Crippen MR) is 83.0 cm³/mol. The first-order chi connectivity index (χ1) is 9.93. The van der Waals surface area contributed by atoms with Gasteiger partial charge >= 0.3 is 0 Å². The van der Waals surface area contributed by atoms with Crippen molar-refractivity contribution in [2.75, 3.05) is 13.2 Å². The molecule has 3 rings (SSSR count). The van der Waals surface area contributed by atoms with E-state index in [0.29, 0.717) is 0 Å². The van der Waals surface area contributed by atoms with Crippen molar-refractivity contribution in [2.24, 2.45) is 0 Å². The minimum Gasteiger partial charge on any atom is -0.493 e. The van der Waals surface area contributed by atoms with Crippen LogP contribution in [0.15, 0.2) is 54.6 Å². The van der Waals surface area contributed by atoms with Gasteiger partial charge in [-0.15, -0.1) is 0 Å². The monoisotopic (exact) mass is 267 g/mol. The third kappa shape index (κ3) is 3.61. The van der Waals surface area contributed by atoms with Crippen LogP contribution < -0.4 is 10.1 Å². The summed E-state index contributed by atoms with van der Waals surface area (Å²) in [6.07, 6.45) is 3.75. The van der Waals surface area contributed by atoms with Gasteiger partial charge in [0.1, 0.15) is 5.75 Å². The third-order valence-corrected chi connectivity index (χ3v) is 3.56. The summed E-state index contributed by atoms with van der Waals surface area (Å²) in [7, 11) is 0. The quantitative estimate of drug-likeness (QED) is 0.769. The maximum absolute atomic E-state index is 5.95. The predicted octanol–water partition coefficient (Wildman–Crippen LogP) is 3.87. The van der Waals surface area contributed by atoms with Crippen molar-refractivity contribution < 1.29 is 4.74 Å². The van der Waals surface area contributed by atoms with E-state index in [1.165, 1.54) is 24.0 Å². The Morgan fingerprint density at radius 1 is 0.950 bits per heavy atom. The van der Waals surface area contributed by atoms with Gasteiger partial charge in [-0.2, -0.15) is 0 Å². The molecule has 0 spiro atoms. The maximum atomic E-state index is 5.95. The lowest BCUT2D eigenvalue weighted by molar-refractivity contribution is 0.309. The minimum atomic E-state index is 0.767. The largest absolute Gasteiger partial charge is 0.493 e. The van der Waals surface area contributed by atoms with Crippen LogP contribution in [-0.4, -0.2) is 19.2 Å². The summed E-state index contributed by atoms with van der Waals surface area (Å²) in [6.45, 7) is 1.82. The minimum absolute atomic E-state index is 0.767. The van der Waals surface area contributed by atoms with Gasteiger partial charge in [-0.3, -0.25) is 0 Å². The molecular weight excluding hydrogens is 246 g/mol. The van der Waals surface area contributed by atoms with Gasteiger partial charge in [0.15, 0.2) is 0 Å². The van der Waals surface area contributed by atoms with Crippen LogP contribution in [0.4, 0.5) is 0 Å². The Kier molecular flexibility index (Phi) is 4.34. The average molecular weight is 267 g/mol. The topological polar surface area (TPSA) is 21.3 Å². The van der Waals surface area contributed by atoms with Crippen molar-refractivity contribution in [2.45, 2.75) is 25.3 Å². The first kappa shape index (κ1) is 13.2. The van der Waals surface area contributed by atoms with Gasteiger partial charge in [0, 0.05) is 11.6 Å². The highest BCUT2D eigenvalue weighted by molar-refractivity contribution is 5.70. The Morgan fingerprint density at radius 2 is 1.70 bits per heavy atom. The zero-order valence-electron chi connectivity index (χ0n) is 11.7. The van der Waals surface area contributed by atoms with E-state index in [-0.39, 0.29) is 0 Å². The third-order valence-electron chi connectivity index (χ3n) is 3.56. The van der Waals surface area contributed by atoms with Gasteiger partial charge in [-0.1, -0.05) is 48.5 Å². The summed E-state index contributed by atoms with van der Waals surface area (Å²) in [4.78, 5) is 0. The van der Waals surface area contributed by atoms with Gasteiger partial charge in [0.25, 0.3) is 0 Å². The van der Waals surface area contributed by atoms with Crippen molar-refractivity contribution in [1.82, 2.24) is 5.32 Å². The molecule has 0 saturated heterocycles. The van der Waals surface area contributed by atoms with Crippen LogP contribution in [-0.2, 0) is 0 Å². The number of hydrogen-bond donors (Lipinski definition) is 1. The normalized spacial score (nSPS) is 14.2. The number of benzene rings is 2. The molecule has 1 aliphatic carbocycles. The lowest BCUT2D eigenvalue weighted by Crippen LogP contribution is -2.19. The molecule has 0 bridgehead atoms. The van der Waals surface area contributed by atoms with E-state index in [9.17, 15) is 0 Å². The molecule has 1 aliphatic rings. The second kappa shape index (κ2) is 6.58. The molecular formula is C18H21NO. The van der Waals surface area contributed by atoms with E-state index in [2.05, 4.69) is 47.8 Å². The average Bonchev–Trinajstić information content (AvgIpc) is 3.32. The first-order valence-electron chi connectivity index (χ1n) is 7.44. The van der Waals surface area contributed by atoms with Crippen LogP contribution in [0.2, 0.25) is 0 Å². The van der Waals surface area contributed by atoms with E-state index >= 15 is 0 Å². The highest BCUT2D eigenvalue weighted by Gasteiger charge is 2.19. The van der Waals surface area contributed by atoms with E-state index in [1.54, 1.807) is 0 Å². The second-order valence-electron chi connectivity index (χ2n) is 5.29. The fraction of sp³-hybridized carbons (Fsp3) is 0.333. The summed E-state index contributed by atoms with van der Waals surface area (Å²) in [5.74, 6) is 0.977. The van der Waals surface area contributed by atoms with Crippen molar-refractivity contribution in [3.63, 3.8) is 0 Å². The van der Waals surface area contributed by atoms with Gasteiger partial charge < -0.3 is 10.1 Å². The molecule has 0 aliphatic heterocycles. The lowest BCUT2D eigenvalue weighted by Gasteiger charge is -2.11. The zero-order valence-corrected chi connectivity index (χ0v) is 11.7. The van der Waals surface area contributed by atoms with Crippen LogP contribution in [0.1, 0.15) is 19.3 Å². The standard InChI is InChI=1S/C18H21NO/c1-2-7-15(8-3-1)17-9-4-5-10-18(17)20-14-6-13-19-16-11-12-16/h1-5,7-10,16,19H,6,11-14H2. The molecule has 1 N–H and O–H groups in total. The number of nitrogens with one attached hydrogen (secondary N) is 1. The summed E-state index contributed by atoms with van der Waals surface area (Å²) in [6, 6.07) is 19.4. The van der Waals surface area contributed by atoms with E-state index < -0.39 is 0 Å². The summed E-state index contributed by atoms with van der Waals surface area (Å²) in [5.41, 5.74) is 2.38. The highest BCUT2D eigenvalue weighted by Crippen LogP contribution is 2.29. The smallest absolute Gasteiger partial charge is 0.127 e. The van der Waals surface area contributed by atoms with Crippen LogP contribution in [0.3, 0.4) is 0 Å². The van der Waals surface area contributed by atoms with Gasteiger partial charge in [0.2, 0.25) is 0 Å². The highest BCUT2D eigenvalue weighted by atomic mass is 16.5. The van der Waals surface area contributed by atoms with Gasteiger partial charge in [-0.25, -0.2) is 0 Å². The molecule has 2 heteroatoms. The van der Waals surface area contributed by atoms with Gasteiger partial charge in [-0.05, 0) is 37.4 Å². The van der Waals surface area contributed by atoms with Crippen LogP contribution in [0.25, 0.3) is 11.1 Å².